The zero-order chi connectivity index (χ0) is 23.4. The monoisotopic (exact) mass is 447 g/mol. The fraction of sp³-hybridized carbons (Fsp3) is 0.645. The number of methoxy groups -OCH3 is 1. The van der Waals surface area contributed by atoms with Crippen LogP contribution in [-0.4, -0.2) is 12.7 Å². The molecule has 1 aromatic carbocycles. The predicted molar refractivity (Wildman–Crippen MR) is 139 cm³/mol. The minimum Gasteiger partial charge on any atom is -0.378 e. The lowest BCUT2D eigenvalue weighted by Crippen LogP contribution is -2.38. The first kappa shape index (κ1) is 25.8. The van der Waals surface area contributed by atoms with Crippen LogP contribution in [-0.2, 0) is 11.2 Å². The fourth-order valence-corrected chi connectivity index (χ4v) is 6.27. The Morgan fingerprint density at radius 1 is 0.970 bits per heavy atom. The van der Waals surface area contributed by atoms with E-state index in [4.69, 9.17) is 10.00 Å². The first-order valence-corrected chi connectivity index (χ1v) is 13.5. The van der Waals surface area contributed by atoms with Gasteiger partial charge in [-0.25, -0.2) is 0 Å². The molecule has 0 radical (unpaired) electrons. The first-order valence-electron chi connectivity index (χ1n) is 13.5. The van der Waals surface area contributed by atoms with Crippen LogP contribution in [0.5, 0.6) is 0 Å². The summed E-state index contributed by atoms with van der Waals surface area (Å²) in [6.07, 6.45) is 25.4. The molecule has 2 fully saturated rings. The molecule has 33 heavy (non-hydrogen) atoms. The lowest BCUT2D eigenvalue weighted by molar-refractivity contribution is -0.0614. The minimum atomic E-state index is 0.0653. The minimum absolute atomic E-state index is 0.0653. The van der Waals surface area contributed by atoms with E-state index in [1.807, 2.05) is 25.3 Å². The van der Waals surface area contributed by atoms with Gasteiger partial charge < -0.3 is 4.74 Å². The summed E-state index contributed by atoms with van der Waals surface area (Å²) in [4.78, 5) is 0. The van der Waals surface area contributed by atoms with Crippen LogP contribution in [0.15, 0.2) is 48.6 Å². The molecule has 2 aliphatic rings. The molecule has 0 aliphatic heterocycles. The Morgan fingerprint density at radius 3 is 2.30 bits per heavy atom. The Balaban J connectivity index is 1.41. The van der Waals surface area contributed by atoms with Crippen molar-refractivity contribution in [3.05, 3.63) is 59.7 Å². The lowest BCUT2D eigenvalue weighted by atomic mass is 9.66. The van der Waals surface area contributed by atoms with Gasteiger partial charge in [-0.3, -0.25) is 0 Å². The van der Waals surface area contributed by atoms with Gasteiger partial charge in [-0.1, -0.05) is 62.3 Å². The molecule has 180 valence electrons. The summed E-state index contributed by atoms with van der Waals surface area (Å²) in [7, 11) is 1.90. The quantitative estimate of drug-likeness (QED) is 0.193. The second kappa shape index (κ2) is 13.8. The molecule has 0 aromatic heterocycles. The highest BCUT2D eigenvalue weighted by Gasteiger charge is 2.38. The second-order valence-corrected chi connectivity index (χ2v) is 10.5. The third-order valence-corrected chi connectivity index (χ3v) is 8.52. The summed E-state index contributed by atoms with van der Waals surface area (Å²) >= 11 is 0. The van der Waals surface area contributed by atoms with Gasteiger partial charge >= 0.3 is 0 Å². The summed E-state index contributed by atoms with van der Waals surface area (Å²) in [5.74, 6) is 2.58. The third kappa shape index (κ3) is 7.86. The van der Waals surface area contributed by atoms with Gasteiger partial charge in [0, 0.05) is 13.2 Å². The third-order valence-electron chi connectivity index (χ3n) is 8.52. The maximum Gasteiger partial charge on any atom is 0.0912 e. The standard InChI is InChI=1S/C31H45NO/c1-3-4-8-11-26-12-14-27(15-13-26)28-16-18-29(19-17-28)30-20-23-31(33-2,24-21-30)22-9-6-5-7-10-25-32/h5-7,10,12-15,28-30H,3-4,8-9,11,16-24H2,1-2H3. The molecule has 2 aliphatic carbocycles. The Bertz CT molecular complexity index is 768. The van der Waals surface area contributed by atoms with Crippen molar-refractivity contribution in [2.24, 2.45) is 11.8 Å². The van der Waals surface area contributed by atoms with Gasteiger partial charge in [-0.15, -0.1) is 0 Å². The van der Waals surface area contributed by atoms with E-state index in [9.17, 15) is 0 Å². The van der Waals surface area contributed by atoms with E-state index in [0.29, 0.717) is 0 Å². The number of hydrogen-bond donors (Lipinski definition) is 0. The molecule has 0 saturated heterocycles. The average molecular weight is 448 g/mol. The Kier molecular flexibility index (Phi) is 10.7. The highest BCUT2D eigenvalue weighted by molar-refractivity contribution is 5.26. The molecule has 3 rings (SSSR count). The molecule has 0 bridgehead atoms. The molecule has 2 heteroatoms. The molecular formula is C31H45NO. The Labute approximate surface area is 203 Å². The Hall–Kier alpha value is -1.85. The second-order valence-electron chi connectivity index (χ2n) is 10.5. The maximum absolute atomic E-state index is 8.56. The number of aryl methyl sites for hydroxylation is 1. The first-order chi connectivity index (χ1) is 16.2. The molecule has 2 saturated carbocycles. The van der Waals surface area contributed by atoms with Crippen molar-refractivity contribution in [2.45, 2.75) is 108 Å². The largest absolute Gasteiger partial charge is 0.378 e. The van der Waals surface area contributed by atoms with Gasteiger partial charge in [0.15, 0.2) is 0 Å². The average Bonchev–Trinajstić information content (AvgIpc) is 2.87. The van der Waals surface area contributed by atoms with Crippen LogP contribution in [0.1, 0.15) is 107 Å². The SMILES string of the molecule is CCCCCc1ccc(C2CCC(C3CCC(CCC=CC=CC#N)(OC)CC3)CC2)cc1. The normalized spacial score (nSPS) is 28.3. The summed E-state index contributed by atoms with van der Waals surface area (Å²) in [6, 6.07) is 11.6. The van der Waals surface area contributed by atoms with Crippen molar-refractivity contribution in [3.8, 4) is 6.07 Å². The molecule has 0 amide bonds. The van der Waals surface area contributed by atoms with Gasteiger partial charge in [-0.05, 0) is 106 Å². The van der Waals surface area contributed by atoms with Crippen molar-refractivity contribution < 1.29 is 4.74 Å². The van der Waals surface area contributed by atoms with Crippen molar-refractivity contribution >= 4 is 0 Å². The summed E-state index contributed by atoms with van der Waals surface area (Å²) in [5.41, 5.74) is 3.15. The van der Waals surface area contributed by atoms with Gasteiger partial charge in [-0.2, -0.15) is 5.26 Å². The van der Waals surface area contributed by atoms with Crippen LogP contribution in [0.25, 0.3) is 0 Å². The van der Waals surface area contributed by atoms with Crippen LogP contribution in [0.4, 0.5) is 0 Å². The van der Waals surface area contributed by atoms with E-state index in [2.05, 4.69) is 37.3 Å². The predicted octanol–water partition coefficient (Wildman–Crippen LogP) is 8.68. The number of benzene rings is 1. The van der Waals surface area contributed by atoms with E-state index in [1.165, 1.54) is 88.7 Å². The highest BCUT2D eigenvalue weighted by Crippen LogP contribution is 2.46. The molecule has 2 nitrogen and oxygen atoms in total. The van der Waals surface area contributed by atoms with E-state index in [0.717, 1.165) is 30.6 Å². The van der Waals surface area contributed by atoms with Gasteiger partial charge in [0.05, 0.1) is 11.7 Å². The number of rotatable bonds is 11. The molecule has 0 N–H and O–H groups in total. The number of nitriles is 1. The summed E-state index contributed by atoms with van der Waals surface area (Å²) < 4.78 is 6.05. The van der Waals surface area contributed by atoms with E-state index < -0.39 is 0 Å². The zero-order valence-corrected chi connectivity index (χ0v) is 21.1. The van der Waals surface area contributed by atoms with E-state index >= 15 is 0 Å². The Morgan fingerprint density at radius 2 is 1.67 bits per heavy atom. The van der Waals surface area contributed by atoms with Gasteiger partial charge in [0.25, 0.3) is 0 Å². The molecule has 0 unspecified atom stereocenters. The number of unbranched alkanes of at least 4 members (excludes halogenated alkanes) is 2. The van der Waals surface area contributed by atoms with Gasteiger partial charge in [0.2, 0.25) is 0 Å². The van der Waals surface area contributed by atoms with Crippen LogP contribution in [0.3, 0.4) is 0 Å². The maximum atomic E-state index is 8.56. The number of nitrogens with zero attached hydrogens (tertiary/aromatic N) is 1. The zero-order valence-electron chi connectivity index (χ0n) is 21.1. The van der Waals surface area contributed by atoms with E-state index in [-0.39, 0.29) is 5.60 Å². The van der Waals surface area contributed by atoms with Crippen LogP contribution in [0, 0.1) is 23.2 Å². The molecular weight excluding hydrogens is 402 g/mol. The van der Waals surface area contributed by atoms with Crippen molar-refractivity contribution in [1.82, 2.24) is 0 Å². The summed E-state index contributed by atoms with van der Waals surface area (Å²) in [5, 5.41) is 8.56. The summed E-state index contributed by atoms with van der Waals surface area (Å²) in [6.45, 7) is 2.28. The fourth-order valence-electron chi connectivity index (χ4n) is 6.27. The number of allylic oxidation sites excluding steroid dienone is 4. The van der Waals surface area contributed by atoms with E-state index in [1.54, 1.807) is 5.56 Å². The smallest absolute Gasteiger partial charge is 0.0912 e. The van der Waals surface area contributed by atoms with Crippen LogP contribution >= 0.6 is 0 Å². The van der Waals surface area contributed by atoms with Crippen LogP contribution in [0.2, 0.25) is 0 Å². The highest BCUT2D eigenvalue weighted by atomic mass is 16.5. The van der Waals surface area contributed by atoms with Crippen molar-refractivity contribution in [1.29, 1.82) is 5.26 Å². The number of ether oxygens (including phenoxy) is 1. The molecule has 0 spiro atoms. The lowest BCUT2D eigenvalue weighted by Gasteiger charge is -2.43. The van der Waals surface area contributed by atoms with Gasteiger partial charge in [0.1, 0.15) is 0 Å². The van der Waals surface area contributed by atoms with Crippen molar-refractivity contribution in [2.75, 3.05) is 7.11 Å². The molecule has 0 atom stereocenters. The molecule has 0 heterocycles. The number of hydrogen-bond acceptors (Lipinski definition) is 2. The molecule has 1 aromatic rings. The van der Waals surface area contributed by atoms with Crippen molar-refractivity contribution in [3.63, 3.8) is 0 Å². The topological polar surface area (TPSA) is 33.0 Å². The van der Waals surface area contributed by atoms with Crippen LogP contribution < -0.4 is 0 Å².